The Morgan fingerprint density at radius 1 is 1.27 bits per heavy atom. The van der Waals surface area contributed by atoms with E-state index in [1.54, 1.807) is 7.11 Å². The van der Waals surface area contributed by atoms with E-state index in [1.807, 2.05) is 56.3 Å². The predicted octanol–water partition coefficient (Wildman–Crippen LogP) is 4.68. The summed E-state index contributed by atoms with van der Waals surface area (Å²) in [7, 11) is 1.59. The van der Waals surface area contributed by atoms with Crippen LogP contribution in [0.15, 0.2) is 58.2 Å². The maximum absolute atomic E-state index is 13.2. The van der Waals surface area contributed by atoms with Crippen molar-refractivity contribution in [3.8, 4) is 11.5 Å². The molecule has 0 spiro atoms. The van der Waals surface area contributed by atoms with Crippen molar-refractivity contribution < 1.29 is 14.3 Å². The first-order valence-electron chi connectivity index (χ1n) is 9.59. The molecule has 1 atom stereocenters. The number of thiocarbonyl (C=S) groups is 1. The Kier molecular flexibility index (Phi) is 7.33. The first kappa shape index (κ1) is 22.1. The molecule has 1 heterocycles. The van der Waals surface area contributed by atoms with E-state index in [4.69, 9.17) is 21.7 Å². The van der Waals surface area contributed by atoms with Crippen molar-refractivity contribution in [2.45, 2.75) is 26.3 Å². The van der Waals surface area contributed by atoms with Gasteiger partial charge in [0, 0.05) is 11.4 Å². The van der Waals surface area contributed by atoms with Crippen molar-refractivity contribution in [1.82, 2.24) is 10.6 Å². The number of para-hydroxylation sites is 1. The molecule has 0 saturated heterocycles. The zero-order chi connectivity index (χ0) is 21.7. The molecule has 0 bridgehead atoms. The standard InChI is InChI=1S/C22H24BrN3O3S/c1-4-10-29-20-16(23)11-14(12-17(20)28-3)19-18(13(2)24-22(30)26-19)21(27)25-15-8-6-5-7-9-15/h5-9,11-12,19H,4,10H2,1-3H3,(H,25,27)(H2,24,26,30). The number of nitrogens with one attached hydrogen (secondary N) is 3. The van der Waals surface area contributed by atoms with E-state index in [-0.39, 0.29) is 5.91 Å². The van der Waals surface area contributed by atoms with Gasteiger partial charge in [0.15, 0.2) is 16.6 Å². The highest BCUT2D eigenvalue weighted by Gasteiger charge is 2.31. The first-order valence-corrected chi connectivity index (χ1v) is 10.8. The number of amides is 1. The van der Waals surface area contributed by atoms with E-state index in [0.29, 0.717) is 34.5 Å². The molecule has 8 heteroatoms. The molecule has 2 aromatic carbocycles. The zero-order valence-corrected chi connectivity index (χ0v) is 19.4. The number of benzene rings is 2. The maximum Gasteiger partial charge on any atom is 0.255 e. The molecule has 1 unspecified atom stereocenters. The minimum atomic E-state index is -0.451. The second-order valence-corrected chi connectivity index (χ2v) is 8.04. The highest BCUT2D eigenvalue weighted by molar-refractivity contribution is 9.10. The number of rotatable bonds is 7. The lowest BCUT2D eigenvalue weighted by molar-refractivity contribution is -0.113. The van der Waals surface area contributed by atoms with Crippen LogP contribution < -0.4 is 25.4 Å². The smallest absolute Gasteiger partial charge is 0.255 e. The Morgan fingerprint density at radius 2 is 2.00 bits per heavy atom. The van der Waals surface area contributed by atoms with Crippen LogP contribution >= 0.6 is 28.1 Å². The molecule has 0 aliphatic carbocycles. The fraction of sp³-hybridized carbons (Fsp3) is 0.273. The summed E-state index contributed by atoms with van der Waals surface area (Å²) in [5, 5.41) is 9.66. The summed E-state index contributed by atoms with van der Waals surface area (Å²) in [5.41, 5.74) is 2.78. The molecule has 3 N–H and O–H groups in total. The summed E-state index contributed by atoms with van der Waals surface area (Å²) in [5.74, 6) is 1.00. The number of anilines is 1. The fourth-order valence-corrected chi connectivity index (χ4v) is 4.06. The second-order valence-electron chi connectivity index (χ2n) is 6.77. The lowest BCUT2D eigenvalue weighted by Gasteiger charge is -2.31. The van der Waals surface area contributed by atoms with Gasteiger partial charge in [0.05, 0.1) is 29.8 Å². The number of carbonyl (C=O) groups excluding carboxylic acids is 1. The van der Waals surface area contributed by atoms with E-state index >= 15 is 0 Å². The van der Waals surface area contributed by atoms with Gasteiger partial charge < -0.3 is 25.4 Å². The molecule has 1 aliphatic rings. The first-order chi connectivity index (χ1) is 14.4. The van der Waals surface area contributed by atoms with Crippen LogP contribution in [-0.4, -0.2) is 24.7 Å². The van der Waals surface area contributed by atoms with Crippen molar-refractivity contribution >= 4 is 44.9 Å². The highest BCUT2D eigenvalue weighted by atomic mass is 79.9. The van der Waals surface area contributed by atoms with E-state index in [2.05, 4.69) is 31.9 Å². The van der Waals surface area contributed by atoms with Crippen LogP contribution in [0.4, 0.5) is 5.69 Å². The minimum absolute atomic E-state index is 0.215. The average molecular weight is 490 g/mol. The monoisotopic (exact) mass is 489 g/mol. The van der Waals surface area contributed by atoms with Gasteiger partial charge in [0.2, 0.25) is 0 Å². The van der Waals surface area contributed by atoms with Crippen molar-refractivity contribution in [2.24, 2.45) is 0 Å². The van der Waals surface area contributed by atoms with Crippen LogP contribution in [0, 0.1) is 0 Å². The molecule has 6 nitrogen and oxygen atoms in total. The molecule has 1 amide bonds. The van der Waals surface area contributed by atoms with Gasteiger partial charge in [0.25, 0.3) is 5.91 Å². The van der Waals surface area contributed by atoms with Crippen LogP contribution in [0.3, 0.4) is 0 Å². The van der Waals surface area contributed by atoms with Crippen LogP contribution in [0.25, 0.3) is 0 Å². The molecule has 0 aromatic heterocycles. The number of hydrogen-bond acceptors (Lipinski definition) is 4. The van der Waals surface area contributed by atoms with Gasteiger partial charge >= 0.3 is 0 Å². The van der Waals surface area contributed by atoms with Gasteiger partial charge in [0.1, 0.15) is 0 Å². The Balaban J connectivity index is 1.99. The van der Waals surface area contributed by atoms with Crippen molar-refractivity contribution in [3.63, 3.8) is 0 Å². The summed E-state index contributed by atoms with van der Waals surface area (Å²) >= 11 is 8.93. The average Bonchev–Trinajstić information content (AvgIpc) is 2.72. The van der Waals surface area contributed by atoms with Crippen LogP contribution in [0.5, 0.6) is 11.5 Å². The number of ether oxygens (including phenoxy) is 2. The summed E-state index contributed by atoms with van der Waals surface area (Å²) < 4.78 is 12.1. The summed E-state index contributed by atoms with van der Waals surface area (Å²) in [6.07, 6.45) is 0.882. The summed E-state index contributed by atoms with van der Waals surface area (Å²) in [6, 6.07) is 12.7. The Morgan fingerprint density at radius 3 is 2.67 bits per heavy atom. The van der Waals surface area contributed by atoms with Crippen LogP contribution in [0.1, 0.15) is 31.9 Å². The molecule has 0 fully saturated rings. The largest absolute Gasteiger partial charge is 0.493 e. The number of allylic oxidation sites excluding steroid dienone is 1. The van der Waals surface area contributed by atoms with Gasteiger partial charge in [-0.3, -0.25) is 4.79 Å². The van der Waals surface area contributed by atoms with Gasteiger partial charge in [-0.15, -0.1) is 0 Å². The third-order valence-corrected chi connectivity index (χ3v) is 5.39. The van der Waals surface area contributed by atoms with Crippen LogP contribution in [0.2, 0.25) is 0 Å². The van der Waals surface area contributed by atoms with E-state index < -0.39 is 6.04 Å². The number of halogens is 1. The third kappa shape index (κ3) is 4.94. The normalized spacial score (nSPS) is 15.9. The highest BCUT2D eigenvalue weighted by Crippen LogP contribution is 2.40. The molecule has 0 radical (unpaired) electrons. The Hall–Kier alpha value is -2.58. The zero-order valence-electron chi connectivity index (χ0n) is 17.0. The number of methoxy groups -OCH3 is 1. The molecule has 1 aliphatic heterocycles. The minimum Gasteiger partial charge on any atom is -0.493 e. The third-order valence-electron chi connectivity index (χ3n) is 4.58. The van der Waals surface area contributed by atoms with Gasteiger partial charge in [-0.05, 0) is 71.3 Å². The fourth-order valence-electron chi connectivity index (χ4n) is 3.22. The SMILES string of the molecule is CCCOc1c(Br)cc(C2NC(=S)NC(C)=C2C(=O)Nc2ccccc2)cc1OC. The number of hydrogen-bond donors (Lipinski definition) is 3. The predicted molar refractivity (Wildman–Crippen MR) is 126 cm³/mol. The van der Waals surface area contributed by atoms with E-state index in [9.17, 15) is 4.79 Å². The van der Waals surface area contributed by atoms with Crippen molar-refractivity contribution in [1.29, 1.82) is 0 Å². The summed E-state index contributed by atoms with van der Waals surface area (Å²) in [4.78, 5) is 13.2. The van der Waals surface area contributed by atoms with E-state index in [0.717, 1.165) is 22.1 Å². The molecule has 0 saturated carbocycles. The quantitative estimate of drug-likeness (QED) is 0.490. The molecule has 30 heavy (non-hydrogen) atoms. The molecular weight excluding hydrogens is 466 g/mol. The topological polar surface area (TPSA) is 71.6 Å². The lowest BCUT2D eigenvalue weighted by atomic mass is 9.94. The van der Waals surface area contributed by atoms with Gasteiger partial charge in [-0.25, -0.2) is 0 Å². The molecule has 2 aromatic rings. The Labute approximate surface area is 190 Å². The number of carbonyl (C=O) groups is 1. The second kappa shape index (κ2) is 9.95. The summed E-state index contributed by atoms with van der Waals surface area (Å²) in [6.45, 7) is 4.46. The van der Waals surface area contributed by atoms with Crippen LogP contribution in [-0.2, 0) is 4.79 Å². The van der Waals surface area contributed by atoms with Gasteiger partial charge in [-0.2, -0.15) is 0 Å². The van der Waals surface area contributed by atoms with E-state index in [1.165, 1.54) is 0 Å². The van der Waals surface area contributed by atoms with Gasteiger partial charge in [-0.1, -0.05) is 25.1 Å². The Bertz CT molecular complexity index is 979. The molecule has 3 rings (SSSR count). The maximum atomic E-state index is 13.2. The van der Waals surface area contributed by atoms with Crippen molar-refractivity contribution in [2.75, 3.05) is 19.0 Å². The molecular formula is C22H24BrN3O3S. The molecule has 158 valence electrons. The lowest BCUT2D eigenvalue weighted by Crippen LogP contribution is -2.45. The van der Waals surface area contributed by atoms with Crippen molar-refractivity contribution in [3.05, 3.63) is 63.8 Å².